The number of amides is 1. The second-order valence-corrected chi connectivity index (χ2v) is 7.35. The van der Waals surface area contributed by atoms with Gasteiger partial charge in [0, 0.05) is 9.50 Å². The van der Waals surface area contributed by atoms with Gasteiger partial charge < -0.3 is 5.32 Å². The maximum absolute atomic E-state index is 12.1. The maximum Gasteiger partial charge on any atom is 0.264 e. The van der Waals surface area contributed by atoms with Crippen molar-refractivity contribution < 1.29 is 4.79 Å². The van der Waals surface area contributed by atoms with Crippen molar-refractivity contribution >= 4 is 62.1 Å². The molecule has 0 saturated carbocycles. The van der Waals surface area contributed by atoms with Crippen molar-refractivity contribution in [3.05, 3.63) is 68.0 Å². The highest BCUT2D eigenvalue weighted by Crippen LogP contribution is 2.30. The van der Waals surface area contributed by atoms with Crippen molar-refractivity contribution in [1.82, 2.24) is 5.32 Å². The molecule has 1 heterocycles. The number of hydrogen-bond acceptors (Lipinski definition) is 3. The highest BCUT2D eigenvalue weighted by Gasteiger charge is 2.23. The third-order valence-corrected chi connectivity index (χ3v) is 4.87. The summed E-state index contributed by atoms with van der Waals surface area (Å²) in [5.41, 5.74) is 2.72. The van der Waals surface area contributed by atoms with Crippen LogP contribution in [0.15, 0.2) is 56.8 Å². The minimum atomic E-state index is -0.136. The number of amidine groups is 1. The summed E-state index contributed by atoms with van der Waals surface area (Å²) >= 11 is 10.7. The van der Waals surface area contributed by atoms with Gasteiger partial charge in [0.2, 0.25) is 0 Å². The number of halogens is 2. The van der Waals surface area contributed by atoms with E-state index in [1.807, 2.05) is 49.4 Å². The molecule has 1 N–H and O–H groups in total. The fourth-order valence-electron chi connectivity index (χ4n) is 2.04. The van der Waals surface area contributed by atoms with Crippen molar-refractivity contribution in [1.29, 1.82) is 0 Å². The third-order valence-electron chi connectivity index (χ3n) is 3.20. The van der Waals surface area contributed by atoms with E-state index in [-0.39, 0.29) is 5.91 Å². The van der Waals surface area contributed by atoms with Gasteiger partial charge in [0.15, 0.2) is 5.17 Å². The van der Waals surface area contributed by atoms with Crippen LogP contribution in [0, 0.1) is 6.92 Å². The molecule has 0 aromatic heterocycles. The highest BCUT2D eigenvalue weighted by molar-refractivity contribution is 9.10. The number of aliphatic imine (C=N–C) groups is 1. The Morgan fingerprint density at radius 3 is 2.65 bits per heavy atom. The van der Waals surface area contributed by atoms with E-state index in [0.29, 0.717) is 15.1 Å². The molecular formula is C17H12BrClN2OS. The van der Waals surface area contributed by atoms with Crippen LogP contribution in [0.25, 0.3) is 6.08 Å². The Balaban J connectivity index is 1.84. The van der Waals surface area contributed by atoms with Gasteiger partial charge in [-0.3, -0.25) is 4.79 Å². The predicted molar refractivity (Wildman–Crippen MR) is 101 cm³/mol. The van der Waals surface area contributed by atoms with Crippen molar-refractivity contribution in [2.75, 3.05) is 0 Å². The first-order chi connectivity index (χ1) is 11.0. The Bertz CT molecular complexity index is 831. The van der Waals surface area contributed by atoms with Gasteiger partial charge >= 0.3 is 0 Å². The SMILES string of the molecule is Cc1cc(Cl)ccc1N=C1NC(=O)C(=Cc2ccc(Br)cc2)S1. The van der Waals surface area contributed by atoms with Crippen LogP contribution in [0.5, 0.6) is 0 Å². The van der Waals surface area contributed by atoms with Gasteiger partial charge in [0.25, 0.3) is 5.91 Å². The van der Waals surface area contributed by atoms with Crippen molar-refractivity contribution in [3.63, 3.8) is 0 Å². The van der Waals surface area contributed by atoms with Crippen LogP contribution in [0.1, 0.15) is 11.1 Å². The van der Waals surface area contributed by atoms with Crippen molar-refractivity contribution in [2.45, 2.75) is 6.92 Å². The second kappa shape index (κ2) is 6.91. The van der Waals surface area contributed by atoms with Crippen LogP contribution in [0.2, 0.25) is 5.02 Å². The smallest absolute Gasteiger partial charge is 0.264 e. The van der Waals surface area contributed by atoms with E-state index in [1.165, 1.54) is 11.8 Å². The second-order valence-electron chi connectivity index (χ2n) is 4.96. The molecule has 6 heteroatoms. The summed E-state index contributed by atoms with van der Waals surface area (Å²) in [4.78, 5) is 17.2. The van der Waals surface area contributed by atoms with Gasteiger partial charge in [-0.05, 0) is 66.2 Å². The lowest BCUT2D eigenvalue weighted by atomic mass is 10.2. The van der Waals surface area contributed by atoms with Crippen LogP contribution in [0.4, 0.5) is 5.69 Å². The van der Waals surface area contributed by atoms with E-state index in [4.69, 9.17) is 11.6 Å². The fourth-order valence-corrected chi connectivity index (χ4v) is 3.37. The molecular weight excluding hydrogens is 396 g/mol. The molecule has 1 aliphatic heterocycles. The molecule has 0 spiro atoms. The summed E-state index contributed by atoms with van der Waals surface area (Å²) in [5.74, 6) is -0.136. The van der Waals surface area contributed by atoms with Gasteiger partial charge in [-0.25, -0.2) is 4.99 Å². The summed E-state index contributed by atoms with van der Waals surface area (Å²) in [7, 11) is 0. The van der Waals surface area contributed by atoms with E-state index < -0.39 is 0 Å². The predicted octanol–water partition coefficient (Wildman–Crippen LogP) is 5.30. The number of carbonyl (C=O) groups is 1. The van der Waals surface area contributed by atoms with Gasteiger partial charge in [-0.1, -0.05) is 39.7 Å². The maximum atomic E-state index is 12.1. The number of nitrogens with zero attached hydrogens (tertiary/aromatic N) is 1. The minimum absolute atomic E-state index is 0.136. The molecule has 0 unspecified atom stereocenters. The fraction of sp³-hybridized carbons (Fsp3) is 0.0588. The lowest BCUT2D eigenvalue weighted by Crippen LogP contribution is -2.19. The Labute approximate surface area is 152 Å². The molecule has 0 radical (unpaired) electrons. The molecule has 1 amide bonds. The molecule has 0 atom stereocenters. The summed E-state index contributed by atoms with van der Waals surface area (Å²) in [6.45, 7) is 1.94. The molecule has 116 valence electrons. The lowest BCUT2D eigenvalue weighted by Gasteiger charge is -2.01. The number of hydrogen-bond donors (Lipinski definition) is 1. The first kappa shape index (κ1) is 16.3. The van der Waals surface area contributed by atoms with Crippen molar-refractivity contribution in [2.24, 2.45) is 4.99 Å². The molecule has 0 aliphatic carbocycles. The standard InChI is InChI=1S/C17H12BrClN2OS/c1-10-8-13(19)6-7-14(10)20-17-21-16(22)15(23-17)9-11-2-4-12(18)5-3-11/h2-9H,1H3,(H,20,21,22). The van der Waals surface area contributed by atoms with Crippen LogP contribution < -0.4 is 5.32 Å². The Hall–Kier alpha value is -1.56. The molecule has 2 aromatic rings. The highest BCUT2D eigenvalue weighted by atomic mass is 79.9. The Morgan fingerprint density at radius 2 is 1.96 bits per heavy atom. The molecule has 1 fully saturated rings. The van der Waals surface area contributed by atoms with Crippen LogP contribution in [0.3, 0.4) is 0 Å². The molecule has 23 heavy (non-hydrogen) atoms. The number of benzene rings is 2. The summed E-state index contributed by atoms with van der Waals surface area (Å²) in [6, 6.07) is 13.3. The van der Waals surface area contributed by atoms with E-state index in [9.17, 15) is 4.79 Å². The number of rotatable bonds is 2. The van der Waals surface area contributed by atoms with Gasteiger partial charge in [-0.15, -0.1) is 0 Å². The molecule has 1 aliphatic rings. The molecule has 2 aromatic carbocycles. The zero-order valence-electron chi connectivity index (χ0n) is 12.1. The zero-order valence-corrected chi connectivity index (χ0v) is 15.3. The number of carbonyl (C=O) groups excluding carboxylic acids is 1. The van der Waals surface area contributed by atoms with E-state index in [1.54, 1.807) is 6.07 Å². The zero-order chi connectivity index (χ0) is 16.4. The van der Waals surface area contributed by atoms with Crippen LogP contribution in [-0.4, -0.2) is 11.1 Å². The van der Waals surface area contributed by atoms with Gasteiger partial charge in [0.05, 0.1) is 10.6 Å². The Morgan fingerprint density at radius 1 is 1.22 bits per heavy atom. The van der Waals surface area contributed by atoms with E-state index in [2.05, 4.69) is 26.2 Å². The number of aryl methyl sites for hydroxylation is 1. The van der Waals surface area contributed by atoms with Crippen molar-refractivity contribution in [3.8, 4) is 0 Å². The normalized spacial score (nSPS) is 17.8. The first-order valence-electron chi connectivity index (χ1n) is 6.82. The Kier molecular flexibility index (Phi) is 4.90. The van der Waals surface area contributed by atoms with Crippen LogP contribution >= 0.6 is 39.3 Å². The van der Waals surface area contributed by atoms with Gasteiger partial charge in [0.1, 0.15) is 0 Å². The van der Waals surface area contributed by atoms with Crippen LogP contribution in [-0.2, 0) is 4.79 Å². The summed E-state index contributed by atoms with van der Waals surface area (Å²) in [6.07, 6.45) is 1.85. The summed E-state index contributed by atoms with van der Waals surface area (Å²) < 4.78 is 1.00. The van der Waals surface area contributed by atoms with Gasteiger partial charge in [-0.2, -0.15) is 0 Å². The number of nitrogens with one attached hydrogen (secondary N) is 1. The molecule has 3 rings (SSSR count). The molecule has 1 saturated heterocycles. The number of thioether (sulfide) groups is 1. The average molecular weight is 408 g/mol. The molecule has 3 nitrogen and oxygen atoms in total. The third kappa shape index (κ3) is 4.05. The topological polar surface area (TPSA) is 41.5 Å². The largest absolute Gasteiger partial charge is 0.300 e. The summed E-state index contributed by atoms with van der Waals surface area (Å²) in [5, 5.41) is 4.03. The van der Waals surface area contributed by atoms with E-state index >= 15 is 0 Å². The monoisotopic (exact) mass is 406 g/mol. The first-order valence-corrected chi connectivity index (χ1v) is 8.81. The minimum Gasteiger partial charge on any atom is -0.300 e. The lowest BCUT2D eigenvalue weighted by molar-refractivity contribution is -0.115. The van der Waals surface area contributed by atoms with E-state index in [0.717, 1.165) is 21.3 Å². The average Bonchev–Trinajstić information content (AvgIpc) is 2.84. The molecule has 0 bridgehead atoms. The quantitative estimate of drug-likeness (QED) is 0.686.